The third-order valence-corrected chi connectivity index (χ3v) is 6.85. The Kier molecular flexibility index (Phi) is 4.81. The topological polar surface area (TPSA) is 213 Å². The summed E-state index contributed by atoms with van der Waals surface area (Å²) >= 11 is 0. The highest BCUT2D eigenvalue weighted by molar-refractivity contribution is 6.22. The number of anilines is 1. The molecule has 12 nitrogen and oxygen atoms in total. The van der Waals surface area contributed by atoms with Crippen LogP contribution >= 0.6 is 0 Å². The molecule has 1 heterocycles. The van der Waals surface area contributed by atoms with Gasteiger partial charge < -0.3 is 36.0 Å². The van der Waals surface area contributed by atoms with Gasteiger partial charge in [0.05, 0.1) is 17.4 Å². The molecule has 0 aliphatic heterocycles. The molecule has 1 fully saturated rings. The summed E-state index contributed by atoms with van der Waals surface area (Å²) in [4.78, 5) is 49.8. The highest BCUT2D eigenvalue weighted by Gasteiger charge is 2.60. The number of nitrogens with two attached hydrogens (primary N) is 1. The second-order valence-electron chi connectivity index (χ2n) is 8.73. The van der Waals surface area contributed by atoms with Crippen LogP contribution in [0.2, 0.25) is 0 Å². The van der Waals surface area contributed by atoms with E-state index in [4.69, 9.17) is 10.3 Å². The molecule has 1 aromatic carbocycles. The van der Waals surface area contributed by atoms with Crippen molar-refractivity contribution in [1.82, 2.24) is 5.16 Å². The molecule has 0 bridgehead atoms. The summed E-state index contributed by atoms with van der Waals surface area (Å²) in [6, 6.07) is 4.28. The number of fused-ring (bicyclic) bond motifs is 3. The standard InChI is InChI=1S/C23H19N3O9/c24-21(32)16-12(27)7-10-6-9-5-8-1-2-11(26-22(33)13-3-4-25-35-13)17(28)14(8)18(29)15(9)19(30)23(10,34)20(16)31/h1-4,9-10,28-29,31,34H,5-7H2,(H2,24,32)(H,26,33)/t9-,10-,23-/m0/s1. The number of carbonyl (C=O) groups excluding carboxylic acids is 4. The van der Waals surface area contributed by atoms with E-state index in [9.17, 15) is 39.6 Å². The van der Waals surface area contributed by atoms with Crippen molar-refractivity contribution in [3.05, 3.63) is 58.2 Å². The Balaban J connectivity index is 1.60. The summed E-state index contributed by atoms with van der Waals surface area (Å²) in [5.74, 6) is -8.00. The van der Waals surface area contributed by atoms with Crippen molar-refractivity contribution >= 4 is 34.8 Å². The first-order valence-electron chi connectivity index (χ1n) is 10.6. The van der Waals surface area contributed by atoms with Gasteiger partial charge in [-0.1, -0.05) is 11.2 Å². The number of benzene rings is 1. The van der Waals surface area contributed by atoms with E-state index < -0.39 is 63.7 Å². The van der Waals surface area contributed by atoms with Gasteiger partial charge in [-0.2, -0.15) is 0 Å². The molecule has 7 N–H and O–H groups in total. The number of aromatic nitrogens is 1. The number of Topliss-reactive ketones (excluding diaryl/α,β-unsaturated/α-hetero) is 2. The van der Waals surface area contributed by atoms with Gasteiger partial charge in [0.15, 0.2) is 11.4 Å². The molecule has 2 amide bonds. The van der Waals surface area contributed by atoms with Crippen LogP contribution in [-0.2, 0) is 20.8 Å². The first-order valence-corrected chi connectivity index (χ1v) is 10.6. The van der Waals surface area contributed by atoms with Gasteiger partial charge in [0, 0.05) is 24.0 Å². The van der Waals surface area contributed by atoms with Crippen molar-refractivity contribution in [3.63, 3.8) is 0 Å². The van der Waals surface area contributed by atoms with Crippen molar-refractivity contribution in [2.45, 2.75) is 24.9 Å². The number of carbonyl (C=O) groups is 4. The zero-order chi connectivity index (χ0) is 25.2. The van der Waals surface area contributed by atoms with E-state index in [1.165, 1.54) is 18.3 Å². The third kappa shape index (κ3) is 3.06. The average molecular weight is 481 g/mol. The number of aromatic hydroxyl groups is 1. The number of phenols is 1. The van der Waals surface area contributed by atoms with Gasteiger partial charge in [0.25, 0.3) is 11.8 Å². The minimum atomic E-state index is -2.64. The molecule has 3 atom stereocenters. The molecule has 2 aromatic rings. The van der Waals surface area contributed by atoms with E-state index in [1.54, 1.807) is 6.07 Å². The maximum atomic E-state index is 13.5. The SMILES string of the molecule is NC(=O)C1=C(O)[C@@]2(O)C(=O)C3=C(O)c4c(ccc(NC(=O)c5ccno5)c4O)C[C@H]3C[C@H]2CC1=O. The highest BCUT2D eigenvalue weighted by Crippen LogP contribution is 2.52. The van der Waals surface area contributed by atoms with Gasteiger partial charge in [-0.25, -0.2) is 0 Å². The Morgan fingerprint density at radius 2 is 1.89 bits per heavy atom. The number of aliphatic hydroxyl groups is 3. The van der Waals surface area contributed by atoms with Crippen LogP contribution in [0.25, 0.3) is 5.76 Å². The molecular weight excluding hydrogens is 462 g/mol. The van der Waals surface area contributed by atoms with E-state index in [2.05, 4.69) is 10.5 Å². The van der Waals surface area contributed by atoms with Crippen LogP contribution in [0.5, 0.6) is 5.75 Å². The lowest BCUT2D eigenvalue weighted by atomic mass is 9.59. The number of primary amides is 1. The Labute approximate surface area is 196 Å². The highest BCUT2D eigenvalue weighted by atomic mass is 16.5. The van der Waals surface area contributed by atoms with Gasteiger partial charge in [0.1, 0.15) is 22.8 Å². The molecule has 0 spiro atoms. The van der Waals surface area contributed by atoms with Crippen LogP contribution in [0.3, 0.4) is 0 Å². The molecule has 0 radical (unpaired) electrons. The quantitative estimate of drug-likeness (QED) is 0.266. The Morgan fingerprint density at radius 3 is 2.54 bits per heavy atom. The van der Waals surface area contributed by atoms with Crippen LogP contribution in [0.15, 0.2) is 45.8 Å². The molecule has 0 saturated heterocycles. The number of nitrogens with one attached hydrogen (secondary N) is 1. The second-order valence-corrected chi connectivity index (χ2v) is 8.73. The molecule has 1 saturated carbocycles. The second kappa shape index (κ2) is 7.53. The predicted octanol–water partition coefficient (Wildman–Crippen LogP) is 0.664. The summed E-state index contributed by atoms with van der Waals surface area (Å²) in [7, 11) is 0. The predicted molar refractivity (Wildman–Crippen MR) is 116 cm³/mol. The van der Waals surface area contributed by atoms with Crippen molar-refractivity contribution < 1.29 is 44.1 Å². The number of nitrogens with zero attached hydrogens (tertiary/aromatic N) is 1. The normalized spacial score (nSPS) is 25.6. The van der Waals surface area contributed by atoms with Crippen LogP contribution in [0.1, 0.15) is 34.5 Å². The smallest absolute Gasteiger partial charge is 0.294 e. The molecule has 180 valence electrons. The molecular formula is C23H19N3O9. The van der Waals surface area contributed by atoms with Gasteiger partial charge in [-0.05, 0) is 30.4 Å². The Bertz CT molecular complexity index is 1390. The zero-order valence-corrected chi connectivity index (χ0v) is 17.9. The fourth-order valence-electron chi connectivity index (χ4n) is 5.21. The first kappa shape index (κ1) is 22.3. The minimum absolute atomic E-state index is 0.0354. The number of hydrogen-bond donors (Lipinski definition) is 6. The summed E-state index contributed by atoms with van der Waals surface area (Å²) in [5, 5.41) is 49.5. The lowest BCUT2D eigenvalue weighted by Gasteiger charge is -2.46. The van der Waals surface area contributed by atoms with Crippen molar-refractivity contribution in [2.24, 2.45) is 17.6 Å². The number of rotatable bonds is 3. The molecule has 3 aliphatic carbocycles. The summed E-state index contributed by atoms with van der Waals surface area (Å²) in [5.41, 5.74) is 1.65. The van der Waals surface area contributed by atoms with E-state index in [0.717, 1.165) is 0 Å². The number of amides is 2. The van der Waals surface area contributed by atoms with Gasteiger partial charge in [-0.3, -0.25) is 19.2 Å². The molecule has 35 heavy (non-hydrogen) atoms. The maximum Gasteiger partial charge on any atom is 0.294 e. The lowest BCUT2D eigenvalue weighted by Crippen LogP contribution is -2.58. The number of ketones is 2. The van der Waals surface area contributed by atoms with Crippen molar-refractivity contribution in [2.75, 3.05) is 5.32 Å². The zero-order valence-electron chi connectivity index (χ0n) is 17.9. The van der Waals surface area contributed by atoms with E-state index in [-0.39, 0.29) is 41.8 Å². The third-order valence-electron chi connectivity index (χ3n) is 6.85. The van der Waals surface area contributed by atoms with Crippen molar-refractivity contribution in [1.29, 1.82) is 0 Å². The summed E-state index contributed by atoms with van der Waals surface area (Å²) in [6.07, 6.45) is 1.07. The van der Waals surface area contributed by atoms with Gasteiger partial charge in [0.2, 0.25) is 11.5 Å². The molecule has 3 aliphatic rings. The van der Waals surface area contributed by atoms with Crippen molar-refractivity contribution in [3.8, 4) is 5.75 Å². The molecule has 1 aromatic heterocycles. The average Bonchev–Trinajstić information content (AvgIpc) is 3.33. The maximum absolute atomic E-state index is 13.5. The monoisotopic (exact) mass is 481 g/mol. The summed E-state index contributed by atoms with van der Waals surface area (Å²) in [6.45, 7) is 0. The van der Waals surface area contributed by atoms with E-state index in [1.807, 2.05) is 0 Å². The first-order chi connectivity index (χ1) is 16.6. The fraction of sp³-hybridized carbons (Fsp3) is 0.261. The molecule has 5 rings (SSSR count). The van der Waals surface area contributed by atoms with Crippen LogP contribution in [0, 0.1) is 11.8 Å². The number of hydrogen-bond acceptors (Lipinski definition) is 10. The largest absolute Gasteiger partial charge is 0.508 e. The van der Waals surface area contributed by atoms with E-state index in [0.29, 0.717) is 5.56 Å². The summed E-state index contributed by atoms with van der Waals surface area (Å²) < 4.78 is 4.77. The van der Waals surface area contributed by atoms with E-state index >= 15 is 0 Å². The van der Waals surface area contributed by atoms with Crippen LogP contribution in [-0.4, -0.2) is 54.6 Å². The van der Waals surface area contributed by atoms with Crippen LogP contribution in [0.4, 0.5) is 5.69 Å². The van der Waals surface area contributed by atoms with Gasteiger partial charge >= 0.3 is 0 Å². The Morgan fingerprint density at radius 1 is 1.14 bits per heavy atom. The van der Waals surface area contributed by atoms with Gasteiger partial charge in [-0.15, -0.1) is 0 Å². The Hall–Kier alpha value is -4.45. The minimum Gasteiger partial charge on any atom is -0.508 e. The fourth-order valence-corrected chi connectivity index (χ4v) is 5.21. The number of aliphatic hydroxyl groups excluding tert-OH is 2. The van der Waals surface area contributed by atoms with Crippen LogP contribution < -0.4 is 11.1 Å². The lowest BCUT2D eigenvalue weighted by molar-refractivity contribution is -0.147. The molecule has 12 heteroatoms. The molecule has 0 unspecified atom stereocenters. The number of phenolic OH excluding ortho intramolecular Hbond substituents is 1.